The second-order valence-corrected chi connectivity index (χ2v) is 5.90. The number of nitrogens with two attached hydrogens (primary N) is 1. The summed E-state index contributed by atoms with van der Waals surface area (Å²) in [4.78, 5) is 13.4. The van der Waals surface area contributed by atoms with E-state index in [9.17, 15) is 9.90 Å². The highest BCUT2D eigenvalue weighted by Crippen LogP contribution is 2.14. The van der Waals surface area contributed by atoms with E-state index >= 15 is 0 Å². The fraction of sp³-hybridized carbons (Fsp3) is 0.917. The van der Waals surface area contributed by atoms with Gasteiger partial charge in [0.05, 0.1) is 12.1 Å². The summed E-state index contributed by atoms with van der Waals surface area (Å²) in [6, 6.07) is -0.0529. The van der Waals surface area contributed by atoms with Gasteiger partial charge in [-0.25, -0.2) is 4.79 Å². The lowest BCUT2D eigenvalue weighted by Crippen LogP contribution is -2.51. The minimum Gasteiger partial charge on any atom is -0.444 e. The maximum Gasteiger partial charge on any atom is 0.410 e. The summed E-state index contributed by atoms with van der Waals surface area (Å²) >= 11 is 0. The summed E-state index contributed by atoms with van der Waals surface area (Å²) in [6.07, 6.45) is -0.429. The smallest absolute Gasteiger partial charge is 0.410 e. The number of hydrogen-bond acceptors (Lipinski definition) is 4. The van der Waals surface area contributed by atoms with Crippen LogP contribution in [-0.2, 0) is 4.74 Å². The second kappa shape index (κ2) is 5.69. The lowest BCUT2D eigenvalue weighted by Gasteiger charge is -2.34. The molecule has 17 heavy (non-hydrogen) atoms. The van der Waals surface area contributed by atoms with E-state index in [1.165, 1.54) is 4.90 Å². The lowest BCUT2D eigenvalue weighted by atomic mass is 10.1. The molecule has 0 saturated heterocycles. The van der Waals surface area contributed by atoms with Gasteiger partial charge >= 0.3 is 6.09 Å². The molecule has 0 aliphatic carbocycles. The lowest BCUT2D eigenvalue weighted by molar-refractivity contribution is -0.0143. The van der Waals surface area contributed by atoms with Gasteiger partial charge in [-0.05, 0) is 41.5 Å². The standard InChI is InChI=1S/C12H26N2O3/c1-9(2)14(8-12(6,16)7-13)10(15)17-11(3,4)5/h9,16H,7-8,13H2,1-6H3. The van der Waals surface area contributed by atoms with E-state index < -0.39 is 17.3 Å². The molecule has 1 amide bonds. The summed E-state index contributed by atoms with van der Waals surface area (Å²) in [7, 11) is 0. The van der Waals surface area contributed by atoms with Crippen molar-refractivity contribution in [1.82, 2.24) is 4.90 Å². The minimum absolute atomic E-state index is 0.0529. The van der Waals surface area contributed by atoms with Crippen LogP contribution in [0.1, 0.15) is 41.5 Å². The SMILES string of the molecule is CC(C)N(CC(C)(O)CN)C(=O)OC(C)(C)C. The van der Waals surface area contributed by atoms with Gasteiger partial charge in [-0.3, -0.25) is 0 Å². The first-order valence-electron chi connectivity index (χ1n) is 5.90. The van der Waals surface area contributed by atoms with Crippen molar-refractivity contribution in [3.8, 4) is 0 Å². The van der Waals surface area contributed by atoms with Crippen molar-refractivity contribution in [2.45, 2.75) is 58.8 Å². The first-order valence-corrected chi connectivity index (χ1v) is 5.90. The Morgan fingerprint density at radius 2 is 1.82 bits per heavy atom. The van der Waals surface area contributed by atoms with Gasteiger partial charge in [-0.1, -0.05) is 0 Å². The number of ether oxygens (including phenoxy) is 1. The van der Waals surface area contributed by atoms with Crippen LogP contribution in [0.3, 0.4) is 0 Å². The number of aliphatic hydroxyl groups is 1. The Hall–Kier alpha value is -0.810. The normalized spacial score (nSPS) is 15.6. The third kappa shape index (κ3) is 6.48. The highest BCUT2D eigenvalue weighted by molar-refractivity contribution is 5.68. The molecule has 0 aliphatic rings. The third-order valence-corrected chi connectivity index (χ3v) is 2.20. The zero-order chi connectivity index (χ0) is 13.9. The topological polar surface area (TPSA) is 75.8 Å². The van der Waals surface area contributed by atoms with Gasteiger partial charge in [0.1, 0.15) is 5.60 Å². The van der Waals surface area contributed by atoms with E-state index in [1.54, 1.807) is 6.92 Å². The maximum atomic E-state index is 11.9. The molecule has 0 saturated carbocycles. The molecule has 0 rings (SSSR count). The molecule has 5 nitrogen and oxygen atoms in total. The molecule has 3 N–H and O–H groups in total. The van der Waals surface area contributed by atoms with Crippen LogP contribution in [0.15, 0.2) is 0 Å². The van der Waals surface area contributed by atoms with Gasteiger partial charge in [0, 0.05) is 12.6 Å². The van der Waals surface area contributed by atoms with Crippen LogP contribution in [0.25, 0.3) is 0 Å². The minimum atomic E-state index is -1.10. The van der Waals surface area contributed by atoms with Gasteiger partial charge in [0.25, 0.3) is 0 Å². The van der Waals surface area contributed by atoms with Crippen molar-refractivity contribution < 1.29 is 14.6 Å². The number of hydrogen-bond donors (Lipinski definition) is 2. The average molecular weight is 246 g/mol. The molecule has 0 aromatic heterocycles. The van der Waals surface area contributed by atoms with Crippen LogP contribution < -0.4 is 5.73 Å². The molecule has 0 aromatic carbocycles. The Kier molecular flexibility index (Phi) is 5.42. The highest BCUT2D eigenvalue weighted by Gasteiger charge is 2.30. The summed E-state index contributed by atoms with van der Waals surface area (Å²) in [5.41, 5.74) is 3.81. The van der Waals surface area contributed by atoms with E-state index in [-0.39, 0.29) is 19.1 Å². The predicted octanol–water partition coefficient (Wildman–Crippen LogP) is 1.34. The van der Waals surface area contributed by atoms with E-state index in [1.807, 2.05) is 34.6 Å². The summed E-state index contributed by atoms with van der Waals surface area (Å²) in [5.74, 6) is 0. The summed E-state index contributed by atoms with van der Waals surface area (Å²) in [6.45, 7) is 11.0. The molecule has 0 spiro atoms. The molecular weight excluding hydrogens is 220 g/mol. The fourth-order valence-electron chi connectivity index (χ4n) is 1.21. The Morgan fingerprint density at radius 3 is 2.12 bits per heavy atom. The van der Waals surface area contributed by atoms with Crippen molar-refractivity contribution in [1.29, 1.82) is 0 Å². The van der Waals surface area contributed by atoms with E-state index in [4.69, 9.17) is 10.5 Å². The van der Waals surface area contributed by atoms with Crippen molar-refractivity contribution in [2.24, 2.45) is 5.73 Å². The van der Waals surface area contributed by atoms with Crippen LogP contribution in [0.2, 0.25) is 0 Å². The quantitative estimate of drug-likeness (QED) is 0.785. The molecule has 1 atom stereocenters. The molecular formula is C12H26N2O3. The Bertz CT molecular complexity index is 257. The largest absolute Gasteiger partial charge is 0.444 e. The van der Waals surface area contributed by atoms with Crippen LogP contribution >= 0.6 is 0 Å². The Morgan fingerprint density at radius 1 is 1.35 bits per heavy atom. The molecule has 102 valence electrons. The van der Waals surface area contributed by atoms with Crippen molar-refractivity contribution in [3.05, 3.63) is 0 Å². The molecule has 5 heteroatoms. The van der Waals surface area contributed by atoms with Crippen LogP contribution in [0.5, 0.6) is 0 Å². The highest BCUT2D eigenvalue weighted by atomic mass is 16.6. The third-order valence-electron chi connectivity index (χ3n) is 2.20. The number of rotatable bonds is 4. The zero-order valence-electron chi connectivity index (χ0n) is 11.8. The molecule has 0 aromatic rings. The number of carbonyl (C=O) groups is 1. The number of amides is 1. The maximum absolute atomic E-state index is 11.9. The van der Waals surface area contributed by atoms with E-state index in [2.05, 4.69) is 0 Å². The van der Waals surface area contributed by atoms with Gasteiger partial charge in [0.2, 0.25) is 0 Å². The predicted molar refractivity (Wildman–Crippen MR) is 67.8 cm³/mol. The second-order valence-electron chi connectivity index (χ2n) is 5.90. The number of carbonyl (C=O) groups excluding carboxylic acids is 1. The zero-order valence-corrected chi connectivity index (χ0v) is 11.8. The molecule has 0 aliphatic heterocycles. The summed E-state index contributed by atoms with van der Waals surface area (Å²) in [5, 5.41) is 9.92. The average Bonchev–Trinajstić information content (AvgIpc) is 2.11. The Labute approximate surface area is 104 Å². The molecule has 1 unspecified atom stereocenters. The van der Waals surface area contributed by atoms with Crippen molar-refractivity contribution in [3.63, 3.8) is 0 Å². The fourth-order valence-corrected chi connectivity index (χ4v) is 1.21. The van der Waals surface area contributed by atoms with Gasteiger partial charge < -0.3 is 20.5 Å². The van der Waals surface area contributed by atoms with Crippen LogP contribution in [-0.4, -0.2) is 46.4 Å². The van der Waals surface area contributed by atoms with Crippen LogP contribution in [0.4, 0.5) is 4.79 Å². The first-order chi connectivity index (χ1) is 7.48. The molecule has 0 radical (unpaired) electrons. The van der Waals surface area contributed by atoms with Gasteiger partial charge in [-0.15, -0.1) is 0 Å². The summed E-state index contributed by atoms with van der Waals surface area (Å²) < 4.78 is 5.29. The van der Waals surface area contributed by atoms with Crippen LogP contribution in [0, 0.1) is 0 Å². The van der Waals surface area contributed by atoms with E-state index in [0.29, 0.717) is 0 Å². The molecule has 0 fully saturated rings. The van der Waals surface area contributed by atoms with Gasteiger partial charge in [0.15, 0.2) is 0 Å². The number of nitrogens with zero attached hydrogens (tertiary/aromatic N) is 1. The first kappa shape index (κ1) is 16.2. The Balaban J connectivity index is 4.70. The van der Waals surface area contributed by atoms with Crippen molar-refractivity contribution >= 4 is 6.09 Å². The van der Waals surface area contributed by atoms with E-state index in [0.717, 1.165) is 0 Å². The van der Waals surface area contributed by atoms with Crippen molar-refractivity contribution in [2.75, 3.05) is 13.1 Å². The molecule has 0 heterocycles. The van der Waals surface area contributed by atoms with Gasteiger partial charge in [-0.2, -0.15) is 0 Å². The monoisotopic (exact) mass is 246 g/mol. The molecule has 0 bridgehead atoms.